The summed E-state index contributed by atoms with van der Waals surface area (Å²) >= 11 is 5.91. The van der Waals surface area contributed by atoms with Crippen LogP contribution in [0.15, 0.2) is 42.5 Å². The van der Waals surface area contributed by atoms with Crippen molar-refractivity contribution in [2.45, 2.75) is 18.6 Å². The lowest BCUT2D eigenvalue weighted by molar-refractivity contribution is 0.171. The molecule has 3 nitrogen and oxygen atoms in total. The average Bonchev–Trinajstić information content (AvgIpc) is 2.85. The van der Waals surface area contributed by atoms with Crippen molar-refractivity contribution in [2.75, 3.05) is 14.2 Å². The Labute approximate surface area is 129 Å². The Hall–Kier alpha value is -1.71. The molecule has 2 aromatic carbocycles. The van der Waals surface area contributed by atoms with Crippen molar-refractivity contribution in [3.8, 4) is 11.5 Å². The van der Waals surface area contributed by atoms with Gasteiger partial charge in [-0.2, -0.15) is 0 Å². The molecule has 0 radical (unpaired) electrons. The lowest BCUT2D eigenvalue weighted by Crippen LogP contribution is -2.30. The van der Waals surface area contributed by atoms with E-state index >= 15 is 0 Å². The lowest BCUT2D eigenvalue weighted by atomic mass is 10.1. The Kier molecular flexibility index (Phi) is 4.04. The summed E-state index contributed by atoms with van der Waals surface area (Å²) in [6, 6.07) is 13.8. The third kappa shape index (κ3) is 2.85. The summed E-state index contributed by atoms with van der Waals surface area (Å²) in [5.74, 6) is 1.71. The smallest absolute Gasteiger partial charge is 0.122 e. The van der Waals surface area contributed by atoms with Crippen LogP contribution in [-0.4, -0.2) is 20.3 Å². The van der Waals surface area contributed by atoms with Crippen LogP contribution in [0.5, 0.6) is 11.5 Å². The van der Waals surface area contributed by atoms with Gasteiger partial charge in [-0.15, -0.1) is 0 Å². The number of halogens is 1. The second-order valence-corrected chi connectivity index (χ2v) is 5.58. The highest BCUT2D eigenvalue weighted by molar-refractivity contribution is 6.30. The van der Waals surface area contributed by atoms with Crippen LogP contribution < -0.4 is 14.8 Å². The summed E-state index contributed by atoms with van der Waals surface area (Å²) in [5, 5.41) is 4.06. The molecule has 4 heteroatoms. The van der Waals surface area contributed by atoms with Crippen LogP contribution in [-0.2, 0) is 6.42 Å². The second kappa shape index (κ2) is 5.96. The summed E-state index contributed by atoms with van der Waals surface area (Å²) in [7, 11) is 3.64. The number of methoxy groups -OCH3 is 1. The largest absolute Gasteiger partial charge is 0.497 e. The van der Waals surface area contributed by atoms with Crippen molar-refractivity contribution >= 4 is 11.6 Å². The molecule has 0 amide bonds. The van der Waals surface area contributed by atoms with Gasteiger partial charge in [0.1, 0.15) is 17.6 Å². The highest BCUT2D eigenvalue weighted by Crippen LogP contribution is 2.36. The third-order valence-corrected chi connectivity index (χ3v) is 4.15. The number of likely N-dealkylation sites (N-methyl/N-ethyl adjacent to an activating group) is 1. The van der Waals surface area contributed by atoms with Gasteiger partial charge >= 0.3 is 0 Å². The first-order valence-corrected chi connectivity index (χ1v) is 7.35. The summed E-state index contributed by atoms with van der Waals surface area (Å²) in [5.41, 5.74) is 2.55. The Bertz CT molecular complexity index is 627. The molecule has 0 bridgehead atoms. The number of nitrogens with one attached hydrogen (secondary N) is 1. The predicted molar refractivity (Wildman–Crippen MR) is 84.4 cm³/mol. The van der Waals surface area contributed by atoms with Gasteiger partial charge in [-0.1, -0.05) is 17.7 Å². The number of hydrogen-bond acceptors (Lipinski definition) is 3. The molecule has 21 heavy (non-hydrogen) atoms. The highest BCUT2D eigenvalue weighted by Gasteiger charge is 2.33. The van der Waals surface area contributed by atoms with Gasteiger partial charge in [0.15, 0.2) is 0 Å². The van der Waals surface area contributed by atoms with Crippen molar-refractivity contribution in [2.24, 2.45) is 0 Å². The number of hydrogen-bond donors (Lipinski definition) is 1. The minimum Gasteiger partial charge on any atom is -0.497 e. The molecule has 1 aliphatic carbocycles. The molecule has 110 valence electrons. The Morgan fingerprint density at radius 1 is 1.10 bits per heavy atom. The fourth-order valence-corrected chi connectivity index (χ4v) is 2.98. The van der Waals surface area contributed by atoms with Crippen molar-refractivity contribution in [3.63, 3.8) is 0 Å². The molecular weight excluding hydrogens is 286 g/mol. The molecule has 0 spiro atoms. The highest BCUT2D eigenvalue weighted by atomic mass is 35.5. The van der Waals surface area contributed by atoms with Crippen LogP contribution in [0.3, 0.4) is 0 Å². The second-order valence-electron chi connectivity index (χ2n) is 5.15. The van der Waals surface area contributed by atoms with E-state index in [1.165, 1.54) is 11.1 Å². The van der Waals surface area contributed by atoms with Gasteiger partial charge in [0.2, 0.25) is 0 Å². The first-order valence-electron chi connectivity index (χ1n) is 6.97. The van der Waals surface area contributed by atoms with E-state index in [-0.39, 0.29) is 12.1 Å². The first-order chi connectivity index (χ1) is 10.2. The number of rotatable bonds is 4. The third-order valence-electron chi connectivity index (χ3n) is 3.89. The first kappa shape index (κ1) is 14.2. The molecule has 2 atom stereocenters. The van der Waals surface area contributed by atoms with Crippen LogP contribution in [0.4, 0.5) is 0 Å². The number of benzene rings is 2. The zero-order valence-electron chi connectivity index (χ0n) is 12.1. The van der Waals surface area contributed by atoms with Crippen LogP contribution in [0.1, 0.15) is 17.2 Å². The molecule has 3 rings (SSSR count). The Morgan fingerprint density at radius 3 is 2.48 bits per heavy atom. The van der Waals surface area contributed by atoms with E-state index in [2.05, 4.69) is 17.4 Å². The van der Waals surface area contributed by atoms with E-state index < -0.39 is 0 Å². The predicted octanol–water partition coefficient (Wildman–Crippen LogP) is 3.61. The number of ether oxygens (including phenoxy) is 2. The van der Waals surface area contributed by atoms with E-state index in [0.29, 0.717) is 5.02 Å². The van der Waals surface area contributed by atoms with E-state index in [0.717, 1.165) is 17.9 Å². The standard InChI is InChI=1S/C17H18ClNO2/c1-19-17-15-10-14(20-2)6-3-11(15)9-16(17)21-13-7-4-12(18)5-8-13/h3-8,10,16-17,19H,9H2,1-2H3. The van der Waals surface area contributed by atoms with E-state index in [1.54, 1.807) is 7.11 Å². The van der Waals surface area contributed by atoms with Crippen LogP contribution >= 0.6 is 11.6 Å². The van der Waals surface area contributed by atoms with E-state index in [9.17, 15) is 0 Å². The summed E-state index contributed by atoms with van der Waals surface area (Å²) in [6.07, 6.45) is 0.950. The molecule has 0 fully saturated rings. The molecule has 2 aromatic rings. The summed E-state index contributed by atoms with van der Waals surface area (Å²) < 4.78 is 11.4. The number of fused-ring (bicyclic) bond motifs is 1. The lowest BCUT2D eigenvalue weighted by Gasteiger charge is -2.21. The quantitative estimate of drug-likeness (QED) is 0.936. The van der Waals surface area contributed by atoms with Gasteiger partial charge in [0.05, 0.1) is 13.2 Å². The zero-order chi connectivity index (χ0) is 14.8. The molecule has 0 saturated carbocycles. The fourth-order valence-electron chi connectivity index (χ4n) is 2.85. The minimum atomic E-state index is 0.0679. The van der Waals surface area contributed by atoms with Crippen molar-refractivity contribution in [3.05, 3.63) is 58.6 Å². The summed E-state index contributed by atoms with van der Waals surface area (Å²) in [6.45, 7) is 0. The average molecular weight is 304 g/mol. The summed E-state index contributed by atoms with van der Waals surface area (Å²) in [4.78, 5) is 0. The van der Waals surface area contributed by atoms with Gasteiger partial charge in [0, 0.05) is 11.4 Å². The SMILES string of the molecule is CNC1c2cc(OC)ccc2CC1Oc1ccc(Cl)cc1. The molecule has 2 unspecified atom stereocenters. The topological polar surface area (TPSA) is 30.5 Å². The van der Waals surface area contributed by atoms with E-state index in [4.69, 9.17) is 21.1 Å². The Morgan fingerprint density at radius 2 is 1.81 bits per heavy atom. The normalized spacial score (nSPS) is 20.1. The van der Waals surface area contributed by atoms with Gasteiger partial charge in [-0.05, 0) is 54.6 Å². The van der Waals surface area contributed by atoms with Crippen LogP contribution in [0.2, 0.25) is 5.02 Å². The maximum atomic E-state index is 6.13. The minimum absolute atomic E-state index is 0.0679. The molecular formula is C17H18ClNO2. The van der Waals surface area contributed by atoms with Gasteiger partial charge < -0.3 is 14.8 Å². The molecule has 0 saturated heterocycles. The monoisotopic (exact) mass is 303 g/mol. The van der Waals surface area contributed by atoms with Gasteiger partial charge in [-0.3, -0.25) is 0 Å². The zero-order valence-corrected chi connectivity index (χ0v) is 12.9. The molecule has 0 heterocycles. The maximum Gasteiger partial charge on any atom is 0.122 e. The molecule has 1 aliphatic rings. The van der Waals surface area contributed by atoms with E-state index in [1.807, 2.05) is 37.4 Å². The van der Waals surface area contributed by atoms with Crippen molar-refractivity contribution in [1.82, 2.24) is 5.32 Å². The fraction of sp³-hybridized carbons (Fsp3) is 0.294. The maximum absolute atomic E-state index is 6.13. The molecule has 0 aliphatic heterocycles. The molecule has 0 aromatic heterocycles. The van der Waals surface area contributed by atoms with Crippen LogP contribution in [0.25, 0.3) is 0 Å². The van der Waals surface area contributed by atoms with Crippen molar-refractivity contribution in [1.29, 1.82) is 0 Å². The van der Waals surface area contributed by atoms with Gasteiger partial charge in [-0.25, -0.2) is 0 Å². The van der Waals surface area contributed by atoms with Crippen LogP contribution in [0, 0.1) is 0 Å². The van der Waals surface area contributed by atoms with Gasteiger partial charge in [0.25, 0.3) is 0 Å². The Balaban J connectivity index is 1.83. The van der Waals surface area contributed by atoms with Crippen molar-refractivity contribution < 1.29 is 9.47 Å². The molecule has 1 N–H and O–H groups in total.